The first-order chi connectivity index (χ1) is 12.7. The average molecular weight is 385 g/mol. The van der Waals surface area contributed by atoms with E-state index < -0.39 is 21.8 Å². The smallest absolute Gasteiger partial charge is 0.240 e. The fourth-order valence-electron chi connectivity index (χ4n) is 2.74. The topological polar surface area (TPSA) is 87.0 Å². The summed E-state index contributed by atoms with van der Waals surface area (Å²) in [5, 5.41) is 8.78. The molecule has 0 spiro atoms. The summed E-state index contributed by atoms with van der Waals surface area (Å²) in [5.74, 6) is -0.900. The van der Waals surface area contributed by atoms with Gasteiger partial charge in [0.1, 0.15) is 0 Å². The number of carbonyl (C=O) groups is 1. The number of rotatable bonds is 7. The van der Waals surface area contributed by atoms with E-state index in [-0.39, 0.29) is 5.75 Å². The minimum absolute atomic E-state index is 0.315. The Morgan fingerprint density at radius 3 is 2.07 bits per heavy atom. The molecule has 1 atom stereocenters. The van der Waals surface area contributed by atoms with Crippen LogP contribution in [0, 0.1) is 17.2 Å². The van der Waals surface area contributed by atoms with E-state index in [0.717, 1.165) is 12.0 Å². The number of hydrogen-bond donors (Lipinski definition) is 1. The first kappa shape index (κ1) is 20.7. The highest BCUT2D eigenvalue weighted by Crippen LogP contribution is 2.18. The Bertz CT molecular complexity index is 925. The summed E-state index contributed by atoms with van der Waals surface area (Å²) in [7, 11) is -3.81. The van der Waals surface area contributed by atoms with Gasteiger partial charge < -0.3 is 0 Å². The lowest BCUT2D eigenvalue weighted by Gasteiger charge is -2.14. The largest absolute Gasteiger partial charge is 0.273 e. The number of nitrogens with zero attached hydrogens (tertiary/aromatic N) is 1. The third-order valence-electron chi connectivity index (χ3n) is 4.21. The first-order valence-electron chi connectivity index (χ1n) is 8.82. The maximum absolute atomic E-state index is 12.4. The molecule has 0 radical (unpaired) electrons. The van der Waals surface area contributed by atoms with E-state index in [1.807, 2.05) is 30.3 Å². The lowest BCUT2D eigenvalue weighted by Crippen LogP contribution is -2.34. The van der Waals surface area contributed by atoms with E-state index in [1.165, 1.54) is 5.56 Å². The molecule has 0 fully saturated rings. The molecule has 2 aromatic carbocycles. The molecule has 0 aromatic heterocycles. The Morgan fingerprint density at radius 2 is 1.56 bits per heavy atom. The van der Waals surface area contributed by atoms with Crippen LogP contribution < -0.4 is 4.72 Å². The van der Waals surface area contributed by atoms with Crippen molar-refractivity contribution in [2.24, 2.45) is 5.92 Å². The maximum atomic E-state index is 12.4. The molecule has 0 aliphatic heterocycles. The van der Waals surface area contributed by atoms with E-state index in [1.54, 1.807) is 31.2 Å². The van der Waals surface area contributed by atoms with Crippen molar-refractivity contribution in [1.29, 1.82) is 5.26 Å². The van der Waals surface area contributed by atoms with Crippen LogP contribution in [0.4, 0.5) is 0 Å². The number of nitrogens with one attached hydrogen (secondary N) is 1. The molecule has 27 heavy (non-hydrogen) atoms. The van der Waals surface area contributed by atoms with Crippen LogP contribution in [0.25, 0.3) is 0 Å². The van der Waals surface area contributed by atoms with E-state index in [2.05, 4.69) is 18.6 Å². The van der Waals surface area contributed by atoms with Crippen molar-refractivity contribution in [2.45, 2.75) is 38.9 Å². The fourth-order valence-corrected chi connectivity index (χ4v) is 3.92. The van der Waals surface area contributed by atoms with Crippen LogP contribution in [-0.2, 0) is 27.0 Å². The van der Waals surface area contributed by atoms with E-state index in [4.69, 9.17) is 5.26 Å². The number of amides is 1. The zero-order valence-corrected chi connectivity index (χ0v) is 16.6. The number of nitriles is 1. The normalized spacial score (nSPS) is 12.4. The van der Waals surface area contributed by atoms with Gasteiger partial charge in [0.2, 0.25) is 15.9 Å². The zero-order chi connectivity index (χ0) is 20.0. The van der Waals surface area contributed by atoms with Crippen LogP contribution >= 0.6 is 0 Å². The maximum Gasteiger partial charge on any atom is 0.240 e. The second-order valence-electron chi connectivity index (χ2n) is 7.10. The second-order valence-corrected chi connectivity index (χ2v) is 8.82. The number of hydrogen-bond acceptors (Lipinski definition) is 4. The summed E-state index contributed by atoms with van der Waals surface area (Å²) in [5.41, 5.74) is 2.93. The molecule has 5 nitrogen and oxygen atoms in total. The van der Waals surface area contributed by atoms with E-state index in [0.29, 0.717) is 17.0 Å². The molecule has 0 aliphatic rings. The molecule has 0 saturated heterocycles. The van der Waals surface area contributed by atoms with Crippen molar-refractivity contribution < 1.29 is 13.2 Å². The summed E-state index contributed by atoms with van der Waals surface area (Å²) in [6.45, 7) is 5.97. The van der Waals surface area contributed by atoms with Crippen LogP contribution in [0.5, 0.6) is 0 Å². The minimum atomic E-state index is -3.81. The Morgan fingerprint density at radius 1 is 1.00 bits per heavy atom. The van der Waals surface area contributed by atoms with Gasteiger partial charge in [0, 0.05) is 0 Å². The molecule has 0 saturated carbocycles. The Kier molecular flexibility index (Phi) is 6.75. The predicted octanol–water partition coefficient (Wildman–Crippen LogP) is 3.51. The molecule has 2 aromatic rings. The lowest BCUT2D eigenvalue weighted by atomic mass is 9.96. The van der Waals surface area contributed by atoms with Gasteiger partial charge in [-0.05, 0) is 48.1 Å². The number of carbonyl (C=O) groups excluding carboxylic acids is 1. The number of benzene rings is 2. The second kappa shape index (κ2) is 8.83. The monoisotopic (exact) mass is 384 g/mol. The molecule has 1 amide bonds. The van der Waals surface area contributed by atoms with Gasteiger partial charge in [0.25, 0.3) is 0 Å². The molecule has 142 valence electrons. The highest BCUT2D eigenvalue weighted by Gasteiger charge is 2.21. The van der Waals surface area contributed by atoms with Gasteiger partial charge in [-0.3, -0.25) is 9.52 Å². The summed E-state index contributed by atoms with van der Waals surface area (Å²) in [6.07, 6.45) is 0.958. The predicted molar refractivity (Wildman–Crippen MR) is 105 cm³/mol. The quantitative estimate of drug-likeness (QED) is 0.791. The van der Waals surface area contributed by atoms with Gasteiger partial charge in [0.05, 0.1) is 23.3 Å². The van der Waals surface area contributed by atoms with Crippen LogP contribution in [0.15, 0.2) is 48.5 Å². The minimum Gasteiger partial charge on any atom is -0.273 e. The zero-order valence-electron chi connectivity index (χ0n) is 15.8. The highest BCUT2D eigenvalue weighted by atomic mass is 32.2. The van der Waals surface area contributed by atoms with Crippen LogP contribution in [0.2, 0.25) is 0 Å². The van der Waals surface area contributed by atoms with Gasteiger partial charge in [0.15, 0.2) is 0 Å². The van der Waals surface area contributed by atoms with Crippen molar-refractivity contribution in [1.82, 2.24) is 4.72 Å². The fraction of sp³-hybridized carbons (Fsp3) is 0.333. The summed E-state index contributed by atoms with van der Waals surface area (Å²) >= 11 is 0. The van der Waals surface area contributed by atoms with Crippen LogP contribution in [0.3, 0.4) is 0 Å². The molecule has 6 heteroatoms. The van der Waals surface area contributed by atoms with Crippen molar-refractivity contribution >= 4 is 15.9 Å². The van der Waals surface area contributed by atoms with Gasteiger partial charge in [-0.2, -0.15) is 5.26 Å². The van der Waals surface area contributed by atoms with E-state index >= 15 is 0 Å². The van der Waals surface area contributed by atoms with Gasteiger partial charge in [-0.1, -0.05) is 50.2 Å². The van der Waals surface area contributed by atoms with Crippen LogP contribution in [-0.4, -0.2) is 14.3 Å². The lowest BCUT2D eigenvalue weighted by molar-refractivity contribution is -0.120. The summed E-state index contributed by atoms with van der Waals surface area (Å²) in [4.78, 5) is 12.4. The molecular formula is C21H24N2O3S. The SMILES string of the molecule is CC(C)Cc1ccc(C(C)C(=O)NS(=O)(=O)Cc2ccc(C#N)cc2)cc1. The van der Waals surface area contributed by atoms with Gasteiger partial charge in [-0.15, -0.1) is 0 Å². The Balaban J connectivity index is 2.02. The van der Waals surface area contributed by atoms with Crippen molar-refractivity contribution in [3.8, 4) is 6.07 Å². The number of sulfonamides is 1. The Labute approximate surface area is 161 Å². The average Bonchev–Trinajstić information content (AvgIpc) is 2.61. The molecule has 1 N–H and O–H groups in total. The van der Waals surface area contributed by atoms with Crippen molar-refractivity contribution in [3.63, 3.8) is 0 Å². The molecule has 0 bridgehead atoms. The van der Waals surface area contributed by atoms with Crippen molar-refractivity contribution in [2.75, 3.05) is 0 Å². The molecule has 2 rings (SSSR count). The van der Waals surface area contributed by atoms with Gasteiger partial charge in [-0.25, -0.2) is 8.42 Å². The van der Waals surface area contributed by atoms with Crippen molar-refractivity contribution in [3.05, 3.63) is 70.8 Å². The third kappa shape index (κ3) is 6.22. The molecular weight excluding hydrogens is 360 g/mol. The van der Waals surface area contributed by atoms with E-state index in [9.17, 15) is 13.2 Å². The highest BCUT2D eigenvalue weighted by molar-refractivity contribution is 7.89. The molecule has 0 aliphatic carbocycles. The standard InChI is InChI=1S/C21H24N2O3S/c1-15(2)12-17-8-10-20(11-9-17)16(3)21(24)23-27(25,26)14-19-6-4-18(13-22)5-7-19/h4-11,15-16H,12,14H2,1-3H3,(H,23,24). The van der Waals surface area contributed by atoms with Gasteiger partial charge >= 0.3 is 0 Å². The van der Waals surface area contributed by atoms with Crippen LogP contribution in [0.1, 0.15) is 48.9 Å². The first-order valence-corrected chi connectivity index (χ1v) is 10.5. The molecule has 0 heterocycles. The summed E-state index contributed by atoms with van der Waals surface area (Å²) < 4.78 is 26.7. The molecule has 1 unspecified atom stereocenters. The Hall–Kier alpha value is -2.65. The summed E-state index contributed by atoms with van der Waals surface area (Å²) in [6, 6.07) is 15.9. The third-order valence-corrected chi connectivity index (χ3v) is 5.44.